The van der Waals surface area contributed by atoms with Crippen molar-refractivity contribution in [3.05, 3.63) is 62.5 Å². The molecule has 150 valence electrons. The Morgan fingerprint density at radius 3 is 2.62 bits per heavy atom. The number of hydrogen-bond donors (Lipinski definition) is 3. The van der Waals surface area contributed by atoms with Crippen LogP contribution in [-0.4, -0.2) is 34.5 Å². The first-order valence-corrected chi connectivity index (χ1v) is 9.45. The Kier molecular flexibility index (Phi) is 6.03. The molecule has 3 N–H and O–H groups in total. The number of aromatic amines is 1. The second-order valence-corrected chi connectivity index (χ2v) is 7.18. The summed E-state index contributed by atoms with van der Waals surface area (Å²) in [6, 6.07) is 8.49. The zero-order valence-electron chi connectivity index (χ0n) is 15.7. The van der Waals surface area contributed by atoms with Gasteiger partial charge in [-0.05, 0) is 25.0 Å². The second-order valence-electron chi connectivity index (χ2n) is 6.18. The van der Waals surface area contributed by atoms with Gasteiger partial charge in [0.05, 0.1) is 5.39 Å². The number of nitrogens with zero attached hydrogens (tertiary/aromatic N) is 1. The van der Waals surface area contributed by atoms with Crippen LogP contribution < -0.4 is 16.2 Å². The fraction of sp³-hybridized carbons (Fsp3) is 0.211. The maximum Gasteiger partial charge on any atom is 0.349 e. The predicted molar refractivity (Wildman–Crippen MR) is 107 cm³/mol. The summed E-state index contributed by atoms with van der Waals surface area (Å²) in [6.07, 6.45) is 0. The van der Waals surface area contributed by atoms with E-state index in [-0.39, 0.29) is 17.0 Å². The van der Waals surface area contributed by atoms with Crippen molar-refractivity contribution in [3.63, 3.8) is 0 Å². The number of fused-ring (bicyclic) bond motifs is 1. The molecule has 0 atom stereocenters. The van der Waals surface area contributed by atoms with E-state index in [0.29, 0.717) is 21.6 Å². The quantitative estimate of drug-likeness (QED) is 0.546. The second kappa shape index (κ2) is 8.65. The number of amides is 3. The molecule has 0 spiro atoms. The van der Waals surface area contributed by atoms with E-state index in [1.807, 2.05) is 30.3 Å². The topological polar surface area (TPSA) is 130 Å². The Morgan fingerprint density at radius 2 is 1.90 bits per heavy atom. The van der Waals surface area contributed by atoms with Gasteiger partial charge in [0, 0.05) is 6.54 Å². The van der Waals surface area contributed by atoms with Gasteiger partial charge in [-0.15, -0.1) is 11.3 Å². The molecule has 9 nitrogen and oxygen atoms in total. The molecule has 3 amide bonds. The fourth-order valence-electron chi connectivity index (χ4n) is 2.63. The third-order valence-electron chi connectivity index (χ3n) is 3.99. The number of carbonyl (C=O) groups is 3. The van der Waals surface area contributed by atoms with Crippen LogP contribution in [0, 0.1) is 13.8 Å². The van der Waals surface area contributed by atoms with E-state index in [1.54, 1.807) is 13.8 Å². The van der Waals surface area contributed by atoms with Gasteiger partial charge in [-0.3, -0.25) is 14.9 Å². The molecule has 2 heterocycles. The lowest BCUT2D eigenvalue weighted by atomic mass is 10.2. The number of aromatic nitrogens is 2. The van der Waals surface area contributed by atoms with Crippen molar-refractivity contribution in [2.45, 2.75) is 20.4 Å². The Bertz CT molecular complexity index is 1140. The first-order valence-electron chi connectivity index (χ1n) is 8.64. The fourth-order valence-corrected chi connectivity index (χ4v) is 3.75. The van der Waals surface area contributed by atoms with Gasteiger partial charge >= 0.3 is 12.0 Å². The van der Waals surface area contributed by atoms with Crippen molar-refractivity contribution in [2.75, 3.05) is 6.61 Å². The van der Waals surface area contributed by atoms with Gasteiger partial charge in [-0.25, -0.2) is 14.6 Å². The normalized spacial score (nSPS) is 10.6. The molecule has 0 aliphatic carbocycles. The Balaban J connectivity index is 1.55. The Morgan fingerprint density at radius 1 is 1.17 bits per heavy atom. The van der Waals surface area contributed by atoms with Crippen LogP contribution in [0.1, 0.15) is 26.6 Å². The highest BCUT2D eigenvalue weighted by molar-refractivity contribution is 7.20. The maximum atomic E-state index is 12.3. The molecule has 0 fully saturated rings. The van der Waals surface area contributed by atoms with Crippen LogP contribution in [-0.2, 0) is 16.1 Å². The molecule has 0 saturated heterocycles. The third kappa shape index (κ3) is 4.85. The summed E-state index contributed by atoms with van der Waals surface area (Å²) >= 11 is 1.02. The maximum absolute atomic E-state index is 12.3. The minimum Gasteiger partial charge on any atom is -0.451 e. The number of carbonyl (C=O) groups excluding carboxylic acids is 3. The first-order chi connectivity index (χ1) is 13.8. The summed E-state index contributed by atoms with van der Waals surface area (Å²) in [5.41, 5.74) is 0.971. The van der Waals surface area contributed by atoms with Crippen molar-refractivity contribution >= 4 is 39.5 Å². The van der Waals surface area contributed by atoms with Gasteiger partial charge in [0.1, 0.15) is 15.5 Å². The van der Waals surface area contributed by atoms with Crippen LogP contribution in [0.25, 0.3) is 10.2 Å². The summed E-state index contributed by atoms with van der Waals surface area (Å²) in [7, 11) is 0. The SMILES string of the molecule is Cc1nc2sc(C(=O)OCC(=O)NC(=O)NCc3ccccc3)c(C)c2c(=O)[nH]1. The summed E-state index contributed by atoms with van der Waals surface area (Å²) in [5.74, 6) is -1.10. The molecule has 0 aliphatic heterocycles. The number of esters is 1. The highest BCUT2D eigenvalue weighted by Gasteiger charge is 2.21. The molecule has 10 heteroatoms. The van der Waals surface area contributed by atoms with Crippen LogP contribution in [0.4, 0.5) is 4.79 Å². The molecular weight excluding hydrogens is 396 g/mol. The molecule has 0 saturated carbocycles. The van der Waals surface area contributed by atoms with Gasteiger partial charge in [-0.2, -0.15) is 0 Å². The minimum atomic E-state index is -0.769. The number of thiophene rings is 1. The van der Waals surface area contributed by atoms with E-state index in [9.17, 15) is 19.2 Å². The monoisotopic (exact) mass is 414 g/mol. The summed E-state index contributed by atoms with van der Waals surface area (Å²) in [5, 5.41) is 4.93. The number of rotatable bonds is 5. The molecular formula is C19H18N4O5S. The lowest BCUT2D eigenvalue weighted by molar-refractivity contribution is -0.123. The van der Waals surface area contributed by atoms with E-state index in [1.165, 1.54) is 0 Å². The van der Waals surface area contributed by atoms with Crippen LogP contribution >= 0.6 is 11.3 Å². The van der Waals surface area contributed by atoms with E-state index in [0.717, 1.165) is 16.9 Å². The van der Waals surface area contributed by atoms with E-state index >= 15 is 0 Å². The molecule has 0 aliphatic rings. The smallest absolute Gasteiger partial charge is 0.349 e. The van der Waals surface area contributed by atoms with Gasteiger partial charge in [0.25, 0.3) is 11.5 Å². The minimum absolute atomic E-state index is 0.185. The summed E-state index contributed by atoms with van der Waals surface area (Å²) in [6.45, 7) is 2.87. The molecule has 3 rings (SSSR count). The standard InChI is InChI=1S/C19H18N4O5S/c1-10-14-16(25)21-11(2)22-17(14)29-15(10)18(26)28-9-13(24)23-19(27)20-8-12-6-4-3-5-7-12/h3-7H,8-9H2,1-2H3,(H,21,22,25)(H2,20,23,24,27). The molecule has 1 aromatic carbocycles. The van der Waals surface area contributed by atoms with E-state index in [4.69, 9.17) is 4.74 Å². The average molecular weight is 414 g/mol. The molecule has 29 heavy (non-hydrogen) atoms. The number of H-pyrrole nitrogens is 1. The van der Waals surface area contributed by atoms with Gasteiger partial charge in [0.2, 0.25) is 0 Å². The summed E-state index contributed by atoms with van der Waals surface area (Å²) in [4.78, 5) is 55.3. The summed E-state index contributed by atoms with van der Waals surface area (Å²) < 4.78 is 4.97. The molecule has 3 aromatic rings. The number of nitrogens with one attached hydrogen (secondary N) is 3. The highest BCUT2D eigenvalue weighted by atomic mass is 32.1. The number of urea groups is 1. The first kappa shape index (κ1) is 20.2. The van der Waals surface area contributed by atoms with Crippen molar-refractivity contribution in [1.29, 1.82) is 0 Å². The largest absolute Gasteiger partial charge is 0.451 e. The number of imide groups is 1. The van der Waals surface area contributed by atoms with E-state index < -0.39 is 24.5 Å². The van der Waals surface area contributed by atoms with Crippen LogP contribution in [0.2, 0.25) is 0 Å². The zero-order chi connectivity index (χ0) is 21.0. The predicted octanol–water partition coefficient (Wildman–Crippen LogP) is 1.78. The van der Waals surface area contributed by atoms with Gasteiger partial charge in [-0.1, -0.05) is 30.3 Å². The molecule has 0 unspecified atom stereocenters. The van der Waals surface area contributed by atoms with Crippen molar-refractivity contribution in [2.24, 2.45) is 0 Å². The number of aryl methyl sites for hydroxylation is 2. The third-order valence-corrected chi connectivity index (χ3v) is 5.15. The van der Waals surface area contributed by atoms with Crippen LogP contribution in [0.3, 0.4) is 0 Å². The molecule has 0 bridgehead atoms. The zero-order valence-corrected chi connectivity index (χ0v) is 16.5. The van der Waals surface area contributed by atoms with Crippen LogP contribution in [0.15, 0.2) is 35.1 Å². The number of hydrogen-bond acceptors (Lipinski definition) is 7. The van der Waals surface area contributed by atoms with Crippen LogP contribution in [0.5, 0.6) is 0 Å². The Hall–Kier alpha value is -3.53. The number of ether oxygens (including phenoxy) is 1. The Labute approximate surface area is 169 Å². The van der Waals surface area contributed by atoms with Gasteiger partial charge in [0.15, 0.2) is 6.61 Å². The van der Waals surface area contributed by atoms with Gasteiger partial charge < -0.3 is 15.0 Å². The van der Waals surface area contributed by atoms with Crippen molar-refractivity contribution in [1.82, 2.24) is 20.6 Å². The number of benzene rings is 1. The van der Waals surface area contributed by atoms with Crippen molar-refractivity contribution in [3.8, 4) is 0 Å². The molecule has 2 aromatic heterocycles. The van der Waals surface area contributed by atoms with Crippen molar-refractivity contribution < 1.29 is 19.1 Å². The molecule has 0 radical (unpaired) electrons. The highest BCUT2D eigenvalue weighted by Crippen LogP contribution is 2.27. The lowest BCUT2D eigenvalue weighted by Crippen LogP contribution is -2.41. The lowest BCUT2D eigenvalue weighted by Gasteiger charge is -2.07. The van der Waals surface area contributed by atoms with E-state index in [2.05, 4.69) is 20.6 Å². The average Bonchev–Trinajstić information content (AvgIpc) is 3.02.